The molecule has 0 spiro atoms. The monoisotopic (exact) mass is 215 g/mol. The molecule has 0 aliphatic carbocycles. The smallest absolute Gasteiger partial charge is 0.407 e. The lowest BCUT2D eigenvalue weighted by atomic mass is 10.2. The highest BCUT2D eigenvalue weighted by molar-refractivity contribution is 7.10. The van der Waals surface area contributed by atoms with Gasteiger partial charge in [-0.05, 0) is 17.9 Å². The first kappa shape index (κ1) is 11.0. The van der Waals surface area contributed by atoms with Crippen LogP contribution in [0.15, 0.2) is 17.5 Å². The van der Waals surface area contributed by atoms with Gasteiger partial charge in [-0.25, -0.2) is 4.79 Å². The van der Waals surface area contributed by atoms with Crippen LogP contribution in [0.4, 0.5) is 4.79 Å². The van der Waals surface area contributed by atoms with Crippen molar-refractivity contribution in [1.29, 1.82) is 0 Å². The third kappa shape index (κ3) is 3.01. The van der Waals surface area contributed by atoms with E-state index in [1.165, 1.54) is 18.4 Å². The summed E-state index contributed by atoms with van der Waals surface area (Å²) in [5, 5.41) is 20.1. The maximum Gasteiger partial charge on any atom is 0.407 e. The van der Waals surface area contributed by atoms with Gasteiger partial charge in [0.05, 0.1) is 6.10 Å². The van der Waals surface area contributed by atoms with Gasteiger partial charge in [0.1, 0.15) is 0 Å². The Balaban J connectivity index is 2.35. The van der Waals surface area contributed by atoms with Gasteiger partial charge in [0.2, 0.25) is 0 Å². The molecular weight excluding hydrogens is 202 g/mol. The molecule has 1 unspecified atom stereocenters. The molecule has 2 N–H and O–H groups in total. The van der Waals surface area contributed by atoms with Crippen LogP contribution in [0.3, 0.4) is 0 Å². The molecule has 1 aromatic rings. The number of aliphatic hydroxyl groups excluding tert-OH is 1. The molecule has 0 aromatic carbocycles. The highest BCUT2D eigenvalue weighted by atomic mass is 32.1. The highest BCUT2D eigenvalue weighted by Crippen LogP contribution is 2.21. The van der Waals surface area contributed by atoms with E-state index in [2.05, 4.69) is 0 Å². The van der Waals surface area contributed by atoms with Gasteiger partial charge in [-0.15, -0.1) is 11.3 Å². The van der Waals surface area contributed by atoms with E-state index in [9.17, 15) is 9.90 Å². The van der Waals surface area contributed by atoms with E-state index >= 15 is 0 Å². The first-order valence-electron chi connectivity index (χ1n) is 4.27. The summed E-state index contributed by atoms with van der Waals surface area (Å²) in [6.45, 7) is 0.342. The van der Waals surface area contributed by atoms with Gasteiger partial charge in [-0.3, -0.25) is 0 Å². The van der Waals surface area contributed by atoms with E-state index in [1.54, 1.807) is 0 Å². The van der Waals surface area contributed by atoms with Gasteiger partial charge in [-0.1, -0.05) is 6.07 Å². The Morgan fingerprint density at radius 2 is 2.43 bits per heavy atom. The second-order valence-corrected chi connectivity index (χ2v) is 4.00. The predicted molar refractivity (Wildman–Crippen MR) is 54.6 cm³/mol. The number of carboxylic acid groups (broad SMARTS) is 1. The molecule has 0 aliphatic heterocycles. The Kier molecular flexibility index (Phi) is 3.91. The minimum atomic E-state index is -0.969. The van der Waals surface area contributed by atoms with E-state index < -0.39 is 12.2 Å². The Morgan fingerprint density at radius 1 is 1.71 bits per heavy atom. The van der Waals surface area contributed by atoms with Gasteiger partial charge in [0.15, 0.2) is 0 Å². The lowest BCUT2D eigenvalue weighted by molar-refractivity contribution is 0.132. The summed E-state index contributed by atoms with van der Waals surface area (Å²) in [6.07, 6.45) is -1.09. The average molecular weight is 215 g/mol. The van der Waals surface area contributed by atoms with Crippen LogP contribution < -0.4 is 0 Å². The topological polar surface area (TPSA) is 60.8 Å². The highest BCUT2D eigenvalue weighted by Gasteiger charge is 2.11. The molecule has 0 radical (unpaired) electrons. The van der Waals surface area contributed by atoms with Gasteiger partial charge in [-0.2, -0.15) is 0 Å². The minimum Gasteiger partial charge on any atom is -0.465 e. The standard InChI is InChI=1S/C9H13NO3S/c1-10(9(12)13)5-4-7(11)8-3-2-6-14-8/h2-3,6-7,11H,4-5H2,1H3,(H,12,13). The molecule has 0 bridgehead atoms. The maximum absolute atomic E-state index is 10.4. The summed E-state index contributed by atoms with van der Waals surface area (Å²) in [7, 11) is 1.49. The predicted octanol–water partition coefficient (Wildman–Crippen LogP) is 1.78. The van der Waals surface area contributed by atoms with Crippen molar-refractivity contribution in [1.82, 2.24) is 4.90 Å². The molecule has 0 saturated heterocycles. The van der Waals surface area contributed by atoms with Crippen LogP contribution in [0.5, 0.6) is 0 Å². The number of amides is 1. The Labute approximate surface area is 86.4 Å². The summed E-state index contributed by atoms with van der Waals surface area (Å²) >= 11 is 1.48. The molecule has 0 saturated carbocycles. The number of hydrogen-bond donors (Lipinski definition) is 2. The summed E-state index contributed by atoms with van der Waals surface area (Å²) in [5.74, 6) is 0. The van der Waals surface area contributed by atoms with E-state index in [0.717, 1.165) is 9.78 Å². The fourth-order valence-electron chi connectivity index (χ4n) is 1.03. The van der Waals surface area contributed by atoms with Crippen LogP contribution in [0.1, 0.15) is 17.4 Å². The molecule has 1 aromatic heterocycles. The van der Waals surface area contributed by atoms with Crippen molar-refractivity contribution in [2.45, 2.75) is 12.5 Å². The summed E-state index contributed by atoms with van der Waals surface area (Å²) in [6, 6.07) is 3.71. The maximum atomic E-state index is 10.4. The second kappa shape index (κ2) is 4.97. The van der Waals surface area contributed by atoms with Crippen LogP contribution in [0, 0.1) is 0 Å². The second-order valence-electron chi connectivity index (χ2n) is 3.02. The van der Waals surface area contributed by atoms with Crippen molar-refractivity contribution < 1.29 is 15.0 Å². The van der Waals surface area contributed by atoms with E-state index in [-0.39, 0.29) is 0 Å². The largest absolute Gasteiger partial charge is 0.465 e. The van der Waals surface area contributed by atoms with Gasteiger partial charge >= 0.3 is 6.09 Å². The first-order valence-corrected chi connectivity index (χ1v) is 5.14. The van der Waals surface area contributed by atoms with Crippen LogP contribution in [0.2, 0.25) is 0 Å². The van der Waals surface area contributed by atoms with Crippen molar-refractivity contribution in [2.24, 2.45) is 0 Å². The number of hydrogen-bond acceptors (Lipinski definition) is 3. The van der Waals surface area contributed by atoms with E-state index in [0.29, 0.717) is 13.0 Å². The number of thiophene rings is 1. The quantitative estimate of drug-likeness (QED) is 0.804. The number of aliphatic hydroxyl groups is 1. The summed E-state index contributed by atoms with van der Waals surface area (Å²) in [5.41, 5.74) is 0. The fraction of sp³-hybridized carbons (Fsp3) is 0.444. The molecule has 0 aliphatic rings. The molecule has 1 rings (SSSR count). The average Bonchev–Trinajstić information content (AvgIpc) is 2.66. The van der Waals surface area contributed by atoms with Gasteiger partial charge < -0.3 is 15.1 Å². The number of rotatable bonds is 4. The Morgan fingerprint density at radius 3 is 2.93 bits per heavy atom. The van der Waals surface area contributed by atoms with Gasteiger partial charge in [0, 0.05) is 18.5 Å². The van der Waals surface area contributed by atoms with Crippen LogP contribution >= 0.6 is 11.3 Å². The molecule has 78 valence electrons. The molecule has 5 heteroatoms. The van der Waals surface area contributed by atoms with E-state index in [1.807, 2.05) is 17.5 Å². The molecule has 0 fully saturated rings. The normalized spacial score (nSPS) is 12.4. The van der Waals surface area contributed by atoms with Crippen molar-refractivity contribution >= 4 is 17.4 Å². The summed E-state index contributed by atoms with van der Waals surface area (Å²) in [4.78, 5) is 12.5. The third-order valence-corrected chi connectivity index (χ3v) is 2.91. The summed E-state index contributed by atoms with van der Waals surface area (Å²) < 4.78 is 0. The molecule has 1 atom stereocenters. The lowest BCUT2D eigenvalue weighted by Crippen LogP contribution is -2.26. The SMILES string of the molecule is CN(CCC(O)c1cccs1)C(=O)O. The number of nitrogens with zero attached hydrogens (tertiary/aromatic N) is 1. The molecule has 1 heterocycles. The van der Waals surface area contributed by atoms with Gasteiger partial charge in [0.25, 0.3) is 0 Å². The van der Waals surface area contributed by atoms with Crippen molar-refractivity contribution in [2.75, 3.05) is 13.6 Å². The molecule has 14 heavy (non-hydrogen) atoms. The van der Waals surface area contributed by atoms with Crippen molar-refractivity contribution in [3.05, 3.63) is 22.4 Å². The zero-order valence-corrected chi connectivity index (χ0v) is 8.70. The third-order valence-electron chi connectivity index (χ3n) is 1.94. The Bertz CT molecular complexity index is 286. The molecule has 1 amide bonds. The van der Waals surface area contributed by atoms with Crippen molar-refractivity contribution in [3.8, 4) is 0 Å². The first-order chi connectivity index (χ1) is 6.61. The molecular formula is C9H13NO3S. The molecule has 4 nitrogen and oxygen atoms in total. The van der Waals surface area contributed by atoms with Crippen LogP contribution in [-0.2, 0) is 0 Å². The van der Waals surface area contributed by atoms with Crippen molar-refractivity contribution in [3.63, 3.8) is 0 Å². The lowest BCUT2D eigenvalue weighted by Gasteiger charge is -2.14. The Hall–Kier alpha value is -1.07. The number of carbonyl (C=O) groups is 1. The minimum absolute atomic E-state index is 0.342. The van der Waals surface area contributed by atoms with Crippen LogP contribution in [-0.4, -0.2) is 34.8 Å². The van der Waals surface area contributed by atoms with Crippen LogP contribution in [0.25, 0.3) is 0 Å². The zero-order chi connectivity index (χ0) is 10.6. The van der Waals surface area contributed by atoms with E-state index in [4.69, 9.17) is 5.11 Å². The zero-order valence-electron chi connectivity index (χ0n) is 7.88. The fourth-order valence-corrected chi connectivity index (χ4v) is 1.78.